The molecule has 17 heavy (non-hydrogen) atoms. The molecule has 0 rings (SSSR count). The van der Waals surface area contributed by atoms with Gasteiger partial charge >= 0.3 is 0 Å². The van der Waals surface area contributed by atoms with E-state index in [-0.39, 0.29) is 0 Å². The minimum absolute atomic E-state index is 0.689. The summed E-state index contributed by atoms with van der Waals surface area (Å²) in [5.41, 5.74) is 5.67. The second kappa shape index (κ2) is 9.90. The van der Waals surface area contributed by atoms with Crippen LogP contribution in [-0.2, 0) is 0 Å². The molecule has 0 saturated heterocycles. The molecule has 2 unspecified atom stereocenters. The quantitative estimate of drug-likeness (QED) is 0.635. The van der Waals surface area contributed by atoms with Crippen LogP contribution < -0.4 is 5.73 Å². The van der Waals surface area contributed by atoms with Crippen LogP contribution in [0.15, 0.2) is 0 Å². The Morgan fingerprint density at radius 3 is 2.18 bits per heavy atom. The molecule has 0 aliphatic rings. The van der Waals surface area contributed by atoms with Gasteiger partial charge in [-0.05, 0) is 58.2 Å². The summed E-state index contributed by atoms with van der Waals surface area (Å²) < 4.78 is 0. The van der Waals surface area contributed by atoms with Gasteiger partial charge in [0.2, 0.25) is 0 Å². The summed E-state index contributed by atoms with van der Waals surface area (Å²) in [6.07, 6.45) is 6.51. The molecular weight excluding hydrogens is 208 g/mol. The Kier molecular flexibility index (Phi) is 9.85. The molecule has 0 radical (unpaired) electrons. The Labute approximate surface area is 109 Å². The van der Waals surface area contributed by atoms with E-state index in [9.17, 15) is 0 Å². The van der Waals surface area contributed by atoms with Crippen LogP contribution in [0, 0.1) is 11.8 Å². The molecule has 0 fully saturated rings. The zero-order valence-corrected chi connectivity index (χ0v) is 12.7. The SMILES string of the molecule is CCCC(CCN)CCCN(C)C(C)C(C)C. The summed E-state index contributed by atoms with van der Waals surface area (Å²) in [7, 11) is 2.25. The lowest BCUT2D eigenvalue weighted by Crippen LogP contribution is -2.34. The van der Waals surface area contributed by atoms with Gasteiger partial charge < -0.3 is 10.6 Å². The first-order chi connectivity index (χ1) is 8.02. The van der Waals surface area contributed by atoms with Crippen LogP contribution >= 0.6 is 0 Å². The van der Waals surface area contributed by atoms with E-state index in [4.69, 9.17) is 5.73 Å². The Morgan fingerprint density at radius 2 is 1.71 bits per heavy atom. The third-order valence-electron chi connectivity index (χ3n) is 4.06. The molecule has 0 aromatic rings. The topological polar surface area (TPSA) is 29.3 Å². The molecule has 0 aliphatic carbocycles. The molecule has 0 bridgehead atoms. The lowest BCUT2D eigenvalue weighted by molar-refractivity contribution is 0.199. The van der Waals surface area contributed by atoms with E-state index in [0.29, 0.717) is 6.04 Å². The van der Waals surface area contributed by atoms with Crippen molar-refractivity contribution in [3.8, 4) is 0 Å². The minimum Gasteiger partial charge on any atom is -0.330 e. The Balaban J connectivity index is 3.78. The van der Waals surface area contributed by atoms with Crippen molar-refractivity contribution in [3.63, 3.8) is 0 Å². The maximum atomic E-state index is 5.67. The van der Waals surface area contributed by atoms with Gasteiger partial charge in [-0.1, -0.05) is 33.6 Å². The molecule has 0 heterocycles. The summed E-state index contributed by atoms with van der Waals surface area (Å²) in [5, 5.41) is 0. The summed E-state index contributed by atoms with van der Waals surface area (Å²) in [5.74, 6) is 1.60. The van der Waals surface area contributed by atoms with E-state index in [1.807, 2.05) is 0 Å². The van der Waals surface area contributed by atoms with E-state index in [0.717, 1.165) is 18.4 Å². The highest BCUT2D eigenvalue weighted by Gasteiger charge is 2.13. The summed E-state index contributed by atoms with van der Waals surface area (Å²) >= 11 is 0. The molecule has 0 spiro atoms. The van der Waals surface area contributed by atoms with Gasteiger partial charge in [-0.3, -0.25) is 0 Å². The van der Waals surface area contributed by atoms with Crippen LogP contribution in [0.5, 0.6) is 0 Å². The van der Waals surface area contributed by atoms with Crippen LogP contribution in [0.25, 0.3) is 0 Å². The molecule has 0 saturated carbocycles. The number of nitrogens with zero attached hydrogens (tertiary/aromatic N) is 1. The normalized spacial score (nSPS) is 15.5. The summed E-state index contributed by atoms with van der Waals surface area (Å²) in [6.45, 7) is 11.3. The Hall–Kier alpha value is -0.0800. The average molecular weight is 242 g/mol. The van der Waals surface area contributed by atoms with Gasteiger partial charge in [0.15, 0.2) is 0 Å². The van der Waals surface area contributed by atoms with Gasteiger partial charge in [-0.25, -0.2) is 0 Å². The molecule has 2 atom stereocenters. The predicted molar refractivity (Wildman–Crippen MR) is 78.2 cm³/mol. The van der Waals surface area contributed by atoms with Gasteiger partial charge in [0, 0.05) is 6.04 Å². The van der Waals surface area contributed by atoms with E-state index < -0.39 is 0 Å². The van der Waals surface area contributed by atoms with E-state index in [2.05, 4.69) is 39.6 Å². The van der Waals surface area contributed by atoms with Crippen molar-refractivity contribution >= 4 is 0 Å². The average Bonchev–Trinajstić information content (AvgIpc) is 2.28. The predicted octanol–water partition coefficient (Wildman–Crippen LogP) is 3.51. The molecule has 104 valence electrons. The van der Waals surface area contributed by atoms with Crippen molar-refractivity contribution in [2.75, 3.05) is 20.1 Å². The Bertz CT molecular complexity index is 160. The molecule has 0 aliphatic heterocycles. The van der Waals surface area contributed by atoms with Crippen LogP contribution in [0.1, 0.15) is 59.8 Å². The highest BCUT2D eigenvalue weighted by atomic mass is 15.1. The Morgan fingerprint density at radius 1 is 1.06 bits per heavy atom. The van der Waals surface area contributed by atoms with Crippen LogP contribution in [0.4, 0.5) is 0 Å². The lowest BCUT2D eigenvalue weighted by atomic mass is 9.94. The second-order valence-corrected chi connectivity index (χ2v) is 5.84. The van der Waals surface area contributed by atoms with E-state index >= 15 is 0 Å². The maximum Gasteiger partial charge on any atom is 0.00868 e. The number of hydrogen-bond acceptors (Lipinski definition) is 2. The summed E-state index contributed by atoms with van der Waals surface area (Å²) in [4.78, 5) is 2.50. The standard InChI is InChI=1S/C15H34N2/c1-6-8-15(10-11-16)9-7-12-17(5)14(4)13(2)3/h13-15H,6-12,16H2,1-5H3. The first-order valence-corrected chi connectivity index (χ1v) is 7.43. The molecule has 2 nitrogen and oxygen atoms in total. The van der Waals surface area contributed by atoms with E-state index in [1.165, 1.54) is 38.6 Å². The fourth-order valence-electron chi connectivity index (χ4n) is 2.42. The minimum atomic E-state index is 0.689. The van der Waals surface area contributed by atoms with E-state index in [1.54, 1.807) is 0 Å². The molecular formula is C15H34N2. The zero-order chi connectivity index (χ0) is 13.3. The van der Waals surface area contributed by atoms with Crippen molar-refractivity contribution < 1.29 is 0 Å². The summed E-state index contributed by atoms with van der Waals surface area (Å²) in [6, 6.07) is 0.689. The molecule has 0 aromatic heterocycles. The molecule has 0 aromatic carbocycles. The number of nitrogens with two attached hydrogens (primary N) is 1. The van der Waals surface area contributed by atoms with Crippen molar-refractivity contribution in [1.29, 1.82) is 0 Å². The van der Waals surface area contributed by atoms with Crippen LogP contribution in [0.3, 0.4) is 0 Å². The van der Waals surface area contributed by atoms with Gasteiger partial charge in [-0.15, -0.1) is 0 Å². The van der Waals surface area contributed by atoms with Gasteiger partial charge in [-0.2, -0.15) is 0 Å². The van der Waals surface area contributed by atoms with Crippen LogP contribution in [0.2, 0.25) is 0 Å². The van der Waals surface area contributed by atoms with Gasteiger partial charge in [0.25, 0.3) is 0 Å². The molecule has 2 N–H and O–H groups in total. The van der Waals surface area contributed by atoms with Crippen LogP contribution in [-0.4, -0.2) is 31.1 Å². The highest BCUT2D eigenvalue weighted by molar-refractivity contribution is 4.68. The lowest BCUT2D eigenvalue weighted by Gasteiger charge is -2.28. The third-order valence-corrected chi connectivity index (χ3v) is 4.06. The monoisotopic (exact) mass is 242 g/mol. The van der Waals surface area contributed by atoms with Crippen molar-refractivity contribution in [2.24, 2.45) is 17.6 Å². The first-order valence-electron chi connectivity index (χ1n) is 7.43. The number of rotatable bonds is 10. The van der Waals surface area contributed by atoms with Crippen molar-refractivity contribution in [1.82, 2.24) is 4.90 Å². The molecule has 2 heteroatoms. The van der Waals surface area contributed by atoms with Gasteiger partial charge in [0.05, 0.1) is 0 Å². The van der Waals surface area contributed by atoms with Gasteiger partial charge in [0.1, 0.15) is 0 Å². The van der Waals surface area contributed by atoms with Crippen molar-refractivity contribution in [2.45, 2.75) is 65.8 Å². The first kappa shape index (κ1) is 16.9. The second-order valence-electron chi connectivity index (χ2n) is 5.84. The van der Waals surface area contributed by atoms with Crippen molar-refractivity contribution in [3.05, 3.63) is 0 Å². The largest absolute Gasteiger partial charge is 0.330 e. The smallest absolute Gasteiger partial charge is 0.00868 e. The maximum absolute atomic E-state index is 5.67. The number of hydrogen-bond donors (Lipinski definition) is 1. The zero-order valence-electron chi connectivity index (χ0n) is 12.7. The molecule has 0 amide bonds. The fourth-order valence-corrected chi connectivity index (χ4v) is 2.42. The third kappa shape index (κ3) is 7.77. The fraction of sp³-hybridized carbons (Fsp3) is 1.00. The highest BCUT2D eigenvalue weighted by Crippen LogP contribution is 2.18.